The van der Waals surface area contributed by atoms with E-state index in [2.05, 4.69) is 165 Å². The number of aromatic nitrogens is 4. The molecule has 49 heavy (non-hydrogen) atoms. The van der Waals surface area contributed by atoms with Gasteiger partial charge in [-0.2, -0.15) is 9.97 Å². The van der Waals surface area contributed by atoms with E-state index in [-0.39, 0.29) is 5.41 Å². The third kappa shape index (κ3) is 4.27. The number of fused-ring (bicyclic) bond motifs is 7. The summed E-state index contributed by atoms with van der Waals surface area (Å²) in [5, 5.41) is 7.83. The van der Waals surface area contributed by atoms with Crippen LogP contribution >= 0.6 is 0 Å². The van der Waals surface area contributed by atoms with Crippen LogP contribution in [0.5, 0.6) is 0 Å². The minimum Gasteiger partial charge on any atom is -0.278 e. The first-order chi connectivity index (χ1) is 24.0. The zero-order chi connectivity index (χ0) is 33.3. The third-order valence-corrected chi connectivity index (χ3v) is 10.2. The Kier molecular flexibility index (Phi) is 6.50. The molecule has 2 aromatic heterocycles. The molecule has 0 saturated heterocycles. The second-order valence-electron chi connectivity index (χ2n) is 13.2. The van der Waals surface area contributed by atoms with Crippen molar-refractivity contribution in [2.75, 3.05) is 0 Å². The summed E-state index contributed by atoms with van der Waals surface area (Å²) in [4.78, 5) is 15.8. The molecule has 234 valence electrons. The van der Waals surface area contributed by atoms with Crippen LogP contribution in [0, 0.1) is 0 Å². The van der Waals surface area contributed by atoms with Gasteiger partial charge in [0.2, 0.25) is 5.95 Å². The lowest BCUT2D eigenvalue weighted by Gasteiger charge is -2.22. The summed E-state index contributed by atoms with van der Waals surface area (Å²) in [7, 11) is 0. The highest BCUT2D eigenvalue weighted by atomic mass is 15.2. The molecule has 0 unspecified atom stereocenters. The average molecular weight is 631 g/mol. The SMILES string of the molecule is C=C/C=c1\c(=C/C)c2c3c(ccc2n1-c1nc(-c2cccc4ccccc24)nc(-c2cccc4ccccc24)n1)-c1ccccc1C3(C)C. The second-order valence-corrected chi connectivity index (χ2v) is 13.2. The Morgan fingerprint density at radius 1 is 0.612 bits per heavy atom. The number of hydrogen-bond acceptors (Lipinski definition) is 3. The first kappa shape index (κ1) is 29.0. The van der Waals surface area contributed by atoms with E-state index < -0.39 is 0 Å². The molecule has 0 amide bonds. The van der Waals surface area contributed by atoms with Crippen LogP contribution in [0.4, 0.5) is 0 Å². The highest BCUT2D eigenvalue weighted by molar-refractivity contribution is 5.99. The third-order valence-electron chi connectivity index (χ3n) is 10.2. The first-order valence-electron chi connectivity index (χ1n) is 16.8. The summed E-state index contributed by atoms with van der Waals surface area (Å²) in [6.45, 7) is 10.9. The van der Waals surface area contributed by atoms with Crippen LogP contribution in [0.1, 0.15) is 31.9 Å². The Hall–Kier alpha value is -6.13. The van der Waals surface area contributed by atoms with E-state index in [4.69, 9.17) is 15.0 Å². The molecule has 1 aliphatic rings. The Morgan fingerprint density at radius 2 is 1.18 bits per heavy atom. The lowest BCUT2D eigenvalue weighted by molar-refractivity contribution is 0.666. The summed E-state index contributed by atoms with van der Waals surface area (Å²) < 4.78 is 2.20. The molecule has 9 rings (SSSR count). The molecule has 6 aromatic carbocycles. The number of rotatable bonds is 4. The summed E-state index contributed by atoms with van der Waals surface area (Å²) in [5.41, 5.74) is 8.05. The summed E-state index contributed by atoms with van der Waals surface area (Å²) in [6.07, 6.45) is 6.15. The van der Waals surface area contributed by atoms with Gasteiger partial charge in [0.25, 0.3) is 0 Å². The second kappa shape index (κ2) is 11.0. The van der Waals surface area contributed by atoms with Gasteiger partial charge in [-0.15, -0.1) is 0 Å². The van der Waals surface area contributed by atoms with Crippen LogP contribution in [-0.4, -0.2) is 19.5 Å². The minimum absolute atomic E-state index is 0.192. The molecule has 0 aliphatic heterocycles. The van der Waals surface area contributed by atoms with Crippen LogP contribution in [0.15, 0.2) is 134 Å². The van der Waals surface area contributed by atoms with Gasteiger partial charge >= 0.3 is 0 Å². The van der Waals surface area contributed by atoms with Crippen molar-refractivity contribution in [2.45, 2.75) is 26.2 Å². The predicted octanol–water partition coefficient (Wildman–Crippen LogP) is 9.53. The Morgan fingerprint density at radius 3 is 1.82 bits per heavy atom. The Labute approximate surface area is 285 Å². The van der Waals surface area contributed by atoms with Gasteiger partial charge in [0.05, 0.1) is 10.9 Å². The zero-order valence-electron chi connectivity index (χ0n) is 27.8. The first-order valence-corrected chi connectivity index (χ1v) is 16.8. The van der Waals surface area contributed by atoms with Crippen molar-refractivity contribution in [3.8, 4) is 39.9 Å². The van der Waals surface area contributed by atoms with E-state index in [1.807, 2.05) is 6.08 Å². The standard InChI is InChI=1S/C45H34N4/c1-5-15-38-30(6-2)40-39(27-26-34-33-22-11-12-25-37(33)45(3,4)41(34)40)49(38)44-47-42(35-23-13-18-28-16-7-9-20-31(28)35)46-43(48-44)36-24-14-19-29-17-8-10-21-32(29)36/h5-27H,1H2,2-4H3/b30-6+,38-15+. The van der Waals surface area contributed by atoms with Crippen LogP contribution < -0.4 is 10.6 Å². The molecule has 0 spiro atoms. The fourth-order valence-electron chi connectivity index (χ4n) is 8.03. The number of allylic oxidation sites excluding steroid dienone is 1. The van der Waals surface area contributed by atoms with E-state index in [0.29, 0.717) is 17.6 Å². The van der Waals surface area contributed by atoms with Crippen molar-refractivity contribution in [3.05, 3.63) is 156 Å². The molecule has 4 heteroatoms. The zero-order valence-corrected chi connectivity index (χ0v) is 27.8. The van der Waals surface area contributed by atoms with E-state index in [0.717, 1.165) is 48.8 Å². The topological polar surface area (TPSA) is 43.6 Å². The van der Waals surface area contributed by atoms with Crippen molar-refractivity contribution in [2.24, 2.45) is 0 Å². The number of hydrogen-bond donors (Lipinski definition) is 0. The molecule has 4 nitrogen and oxygen atoms in total. The van der Waals surface area contributed by atoms with Gasteiger partial charge in [0, 0.05) is 27.1 Å². The maximum absolute atomic E-state index is 5.31. The van der Waals surface area contributed by atoms with Gasteiger partial charge in [-0.05, 0) is 62.9 Å². The molecule has 0 bridgehead atoms. The smallest absolute Gasteiger partial charge is 0.238 e. The molecule has 0 saturated carbocycles. The fourth-order valence-corrected chi connectivity index (χ4v) is 8.03. The average Bonchev–Trinajstić information content (AvgIpc) is 3.58. The molecule has 0 radical (unpaired) electrons. The molecular formula is C45H34N4. The molecular weight excluding hydrogens is 597 g/mol. The largest absolute Gasteiger partial charge is 0.278 e. The molecule has 0 atom stereocenters. The molecule has 8 aromatic rings. The van der Waals surface area contributed by atoms with E-state index in [9.17, 15) is 0 Å². The molecule has 1 aliphatic carbocycles. The molecule has 0 fully saturated rings. The maximum atomic E-state index is 5.31. The van der Waals surface area contributed by atoms with E-state index in [1.165, 1.54) is 27.6 Å². The Balaban J connectivity index is 1.42. The van der Waals surface area contributed by atoms with Gasteiger partial charge in [-0.25, -0.2) is 4.98 Å². The number of nitrogens with zero attached hydrogens (tertiary/aromatic N) is 4. The van der Waals surface area contributed by atoms with Crippen LogP contribution in [0.3, 0.4) is 0 Å². The number of benzene rings is 6. The van der Waals surface area contributed by atoms with Crippen molar-refractivity contribution in [3.63, 3.8) is 0 Å². The van der Waals surface area contributed by atoms with E-state index >= 15 is 0 Å². The van der Waals surface area contributed by atoms with Gasteiger partial charge in [0.1, 0.15) is 0 Å². The van der Waals surface area contributed by atoms with Gasteiger partial charge in [-0.3, -0.25) is 4.57 Å². The maximum Gasteiger partial charge on any atom is 0.238 e. The van der Waals surface area contributed by atoms with Crippen molar-refractivity contribution in [1.29, 1.82) is 0 Å². The van der Waals surface area contributed by atoms with Crippen molar-refractivity contribution in [1.82, 2.24) is 19.5 Å². The van der Waals surface area contributed by atoms with Crippen LogP contribution in [-0.2, 0) is 5.41 Å². The highest BCUT2D eigenvalue weighted by Crippen LogP contribution is 2.50. The normalized spacial score (nSPS) is 14.1. The van der Waals surface area contributed by atoms with Gasteiger partial charge in [-0.1, -0.05) is 148 Å². The monoisotopic (exact) mass is 630 g/mol. The van der Waals surface area contributed by atoms with Crippen molar-refractivity contribution >= 4 is 44.6 Å². The summed E-state index contributed by atoms with van der Waals surface area (Å²) in [6, 6.07) is 42.8. The fraction of sp³-hybridized carbons (Fsp3) is 0.0889. The lowest BCUT2D eigenvalue weighted by atomic mass is 9.80. The van der Waals surface area contributed by atoms with E-state index in [1.54, 1.807) is 0 Å². The summed E-state index contributed by atoms with van der Waals surface area (Å²) in [5.74, 6) is 1.83. The van der Waals surface area contributed by atoms with Crippen LogP contribution in [0.25, 0.3) is 84.5 Å². The highest BCUT2D eigenvalue weighted by Gasteiger charge is 2.37. The van der Waals surface area contributed by atoms with Crippen molar-refractivity contribution < 1.29 is 0 Å². The summed E-state index contributed by atoms with van der Waals surface area (Å²) >= 11 is 0. The predicted molar refractivity (Wildman–Crippen MR) is 204 cm³/mol. The molecule has 2 heterocycles. The molecule has 0 N–H and O–H groups in total. The quantitative estimate of drug-likeness (QED) is 0.195. The minimum atomic E-state index is -0.192. The van der Waals surface area contributed by atoms with Gasteiger partial charge < -0.3 is 0 Å². The lowest BCUT2D eigenvalue weighted by Crippen LogP contribution is -2.30. The van der Waals surface area contributed by atoms with Gasteiger partial charge in [0.15, 0.2) is 11.6 Å². The Bertz CT molecular complexity index is 2680. The van der Waals surface area contributed by atoms with Crippen LogP contribution in [0.2, 0.25) is 0 Å².